The summed E-state index contributed by atoms with van der Waals surface area (Å²) in [6, 6.07) is -1.04. The van der Waals surface area contributed by atoms with Crippen LogP contribution in [-0.2, 0) is 23.8 Å². The quantitative estimate of drug-likeness (QED) is 0.0195. The Morgan fingerprint density at radius 1 is 0.440 bits per heavy atom. The van der Waals surface area contributed by atoms with Gasteiger partial charge in [-0.2, -0.15) is 0 Å². The van der Waals surface area contributed by atoms with Gasteiger partial charge in [-0.15, -0.1) is 0 Å². The van der Waals surface area contributed by atoms with Gasteiger partial charge in [-0.3, -0.25) is 9.59 Å². The van der Waals surface area contributed by atoms with Crippen LogP contribution in [0.1, 0.15) is 310 Å². The van der Waals surface area contributed by atoms with E-state index in [9.17, 15) is 35.1 Å². The van der Waals surface area contributed by atoms with Crippen LogP contribution in [-0.4, -0.2) is 99.6 Å². The van der Waals surface area contributed by atoms with Crippen molar-refractivity contribution in [2.45, 2.75) is 359 Å². The molecule has 91 heavy (non-hydrogen) atoms. The highest BCUT2D eigenvalue weighted by molar-refractivity contribution is 5.80. The van der Waals surface area contributed by atoms with Crippen LogP contribution in [0.3, 0.4) is 0 Å². The molecule has 0 aromatic carbocycles. The van der Waals surface area contributed by atoms with Crippen molar-refractivity contribution in [1.82, 2.24) is 5.32 Å². The van der Waals surface area contributed by atoms with E-state index in [1.807, 2.05) is 6.08 Å². The molecule has 6 N–H and O–H groups in total. The Morgan fingerprint density at radius 3 is 1.21 bits per heavy atom. The van der Waals surface area contributed by atoms with Gasteiger partial charge in [-0.1, -0.05) is 309 Å². The summed E-state index contributed by atoms with van der Waals surface area (Å²) in [5.41, 5.74) is 0. The molecule has 1 amide bonds. The molecule has 0 saturated carbocycles. The molecule has 1 rings (SSSR count). The van der Waals surface area contributed by atoms with Crippen molar-refractivity contribution in [2.75, 3.05) is 13.2 Å². The van der Waals surface area contributed by atoms with Gasteiger partial charge in [0.1, 0.15) is 24.4 Å². The zero-order valence-electron chi connectivity index (χ0n) is 58.2. The summed E-state index contributed by atoms with van der Waals surface area (Å²) in [5.74, 6) is -1.21. The van der Waals surface area contributed by atoms with Gasteiger partial charge in [-0.25, -0.2) is 0 Å². The van der Waals surface area contributed by atoms with E-state index in [0.717, 1.165) is 128 Å². The van der Waals surface area contributed by atoms with Gasteiger partial charge in [0, 0.05) is 6.42 Å². The van der Waals surface area contributed by atoms with Crippen LogP contribution in [0, 0.1) is 0 Å². The van der Waals surface area contributed by atoms with E-state index in [1.165, 1.54) is 135 Å². The van der Waals surface area contributed by atoms with E-state index in [0.29, 0.717) is 12.8 Å². The van der Waals surface area contributed by atoms with E-state index in [4.69, 9.17) is 14.2 Å². The third-order valence-corrected chi connectivity index (χ3v) is 16.8. The molecule has 522 valence electrons. The zero-order valence-corrected chi connectivity index (χ0v) is 58.2. The number of nitrogens with one attached hydrogen (secondary N) is 1. The summed E-state index contributed by atoms with van der Waals surface area (Å²) in [6.45, 7) is 5.66. The van der Waals surface area contributed by atoms with Crippen LogP contribution < -0.4 is 5.32 Å². The third-order valence-electron chi connectivity index (χ3n) is 16.8. The monoisotopic (exact) mass is 1270 g/mol. The molecule has 1 aliphatic rings. The average Bonchev–Trinajstić information content (AvgIpc) is 0.943. The lowest BCUT2D eigenvalue weighted by Gasteiger charge is -2.41. The highest BCUT2D eigenvalue weighted by Crippen LogP contribution is 2.26. The molecule has 8 atom stereocenters. The smallest absolute Gasteiger partial charge is 0.306 e. The van der Waals surface area contributed by atoms with Gasteiger partial charge in [0.05, 0.1) is 25.4 Å². The first-order valence-electron chi connectivity index (χ1n) is 37.3. The van der Waals surface area contributed by atoms with Crippen molar-refractivity contribution in [1.29, 1.82) is 0 Å². The fourth-order valence-corrected chi connectivity index (χ4v) is 11.0. The van der Waals surface area contributed by atoms with Crippen LogP contribution in [0.25, 0.3) is 0 Å². The number of rotatable bonds is 63. The number of unbranched alkanes of at least 4 members (excludes halogenated alkanes) is 31. The van der Waals surface area contributed by atoms with Crippen LogP contribution in [0.4, 0.5) is 0 Å². The van der Waals surface area contributed by atoms with Crippen molar-refractivity contribution in [3.05, 3.63) is 122 Å². The van der Waals surface area contributed by atoms with E-state index in [1.54, 1.807) is 6.08 Å². The predicted molar refractivity (Wildman–Crippen MR) is 384 cm³/mol. The SMILES string of the molecule is CC/C=C\C/C=C\C/C=C\C/C=C\C/C=C\C/C=C\CCCCCCCC(O)C(=O)NC(COC1OC(CO)C(O)C(O)C1OC(=O)CCCCCCCCCCCCCCCC/C=C\C/C=C\C/C=C\CCCCC)C(O)/C=C/CCCCCCCCCCC. The van der Waals surface area contributed by atoms with E-state index in [-0.39, 0.29) is 19.4 Å². The molecule has 0 aromatic rings. The molecular weight excluding hydrogens is 1130 g/mol. The zero-order chi connectivity index (χ0) is 66.0. The summed E-state index contributed by atoms with van der Waals surface area (Å²) < 4.78 is 17.7. The van der Waals surface area contributed by atoms with Crippen LogP contribution in [0.15, 0.2) is 122 Å². The lowest BCUT2D eigenvalue weighted by atomic mass is 9.99. The molecule has 11 nitrogen and oxygen atoms in total. The topological polar surface area (TPSA) is 175 Å². The summed E-state index contributed by atoms with van der Waals surface area (Å²) in [7, 11) is 0. The van der Waals surface area contributed by atoms with Crippen LogP contribution >= 0.6 is 0 Å². The second-order valence-corrected chi connectivity index (χ2v) is 25.3. The maximum atomic E-state index is 13.5. The summed E-state index contributed by atoms with van der Waals surface area (Å²) >= 11 is 0. The van der Waals surface area contributed by atoms with Crippen molar-refractivity contribution >= 4 is 11.9 Å². The number of allylic oxidation sites excluding steroid dienone is 19. The standard InChI is InChI=1S/C80H137NO10/c1-4-7-10-13-16-19-22-24-26-28-30-32-34-36-37-38-40-42-44-46-48-50-53-56-59-62-65-68-75(85)91-78-77(87)76(86)74(69-82)90-80(78)89-70-71(72(83)66-63-60-57-54-51-21-18-15-12-9-6-3)81-79(88)73(84)67-64-61-58-55-52-49-47-45-43-41-39-35-33-31-29-27-25-23-20-17-14-11-8-5-2/h8,11,16-17,19-20,24-27,30-33,39,41,45,47,63,66,71-74,76-78,80,82-84,86-87H,4-7,9-10,12-15,18,21-23,28-29,34-38,40,42-44,46,48-62,64-65,67-70H2,1-3H3,(H,81,88)/b11-8-,19-16-,20-17-,26-24-,27-25-,32-30-,33-31-,41-39-,47-45-,66-63+. The van der Waals surface area contributed by atoms with E-state index in [2.05, 4.69) is 135 Å². The average molecular weight is 1270 g/mol. The van der Waals surface area contributed by atoms with Crippen LogP contribution in [0.5, 0.6) is 0 Å². The van der Waals surface area contributed by atoms with E-state index >= 15 is 0 Å². The number of ether oxygens (including phenoxy) is 3. The van der Waals surface area contributed by atoms with E-state index < -0.39 is 67.4 Å². The second kappa shape index (κ2) is 66.1. The molecular formula is C80H137NO10. The number of carbonyl (C=O) groups is 2. The highest BCUT2D eigenvalue weighted by atomic mass is 16.7. The van der Waals surface area contributed by atoms with Gasteiger partial charge in [-0.05, 0) is 116 Å². The first kappa shape index (κ1) is 85.1. The maximum absolute atomic E-state index is 13.5. The molecule has 1 fully saturated rings. The number of esters is 1. The Labute approximate surface area is 557 Å². The molecule has 0 aromatic heterocycles. The molecule has 8 unspecified atom stereocenters. The molecule has 0 bridgehead atoms. The molecule has 1 aliphatic heterocycles. The van der Waals surface area contributed by atoms with Crippen molar-refractivity contribution in [3.8, 4) is 0 Å². The second-order valence-electron chi connectivity index (χ2n) is 25.3. The Kier molecular flexibility index (Phi) is 61.8. The Balaban J connectivity index is 2.54. The number of aliphatic hydroxyl groups is 5. The summed E-state index contributed by atoms with van der Waals surface area (Å²) in [4.78, 5) is 26.7. The van der Waals surface area contributed by atoms with Gasteiger partial charge >= 0.3 is 5.97 Å². The predicted octanol–water partition coefficient (Wildman–Crippen LogP) is 19.7. The number of aliphatic hydroxyl groups excluding tert-OH is 5. The highest BCUT2D eigenvalue weighted by Gasteiger charge is 2.47. The summed E-state index contributed by atoms with van der Waals surface area (Å²) in [5, 5.41) is 57.3. The van der Waals surface area contributed by atoms with Crippen molar-refractivity contribution in [2.24, 2.45) is 0 Å². The van der Waals surface area contributed by atoms with Gasteiger partial charge in [0.25, 0.3) is 0 Å². The number of hydrogen-bond acceptors (Lipinski definition) is 10. The Bertz CT molecular complexity index is 1950. The van der Waals surface area contributed by atoms with Gasteiger partial charge < -0.3 is 45.1 Å². The molecule has 0 aliphatic carbocycles. The number of amides is 1. The Morgan fingerprint density at radius 2 is 0.791 bits per heavy atom. The minimum absolute atomic E-state index is 0.116. The van der Waals surface area contributed by atoms with Gasteiger partial charge in [0.2, 0.25) is 5.91 Å². The molecule has 0 spiro atoms. The maximum Gasteiger partial charge on any atom is 0.306 e. The molecule has 11 heteroatoms. The third kappa shape index (κ3) is 53.1. The minimum Gasteiger partial charge on any atom is -0.454 e. The molecule has 1 heterocycles. The number of hydrogen-bond donors (Lipinski definition) is 6. The lowest BCUT2D eigenvalue weighted by molar-refractivity contribution is -0.305. The number of carbonyl (C=O) groups excluding carboxylic acids is 2. The van der Waals surface area contributed by atoms with Crippen molar-refractivity contribution in [3.63, 3.8) is 0 Å². The first-order chi connectivity index (χ1) is 44.7. The normalized spacial score (nSPS) is 18.7. The fraction of sp³-hybridized carbons (Fsp3) is 0.725. The lowest BCUT2D eigenvalue weighted by Crippen LogP contribution is -2.61. The largest absolute Gasteiger partial charge is 0.454 e. The minimum atomic E-state index is -1.62. The first-order valence-corrected chi connectivity index (χ1v) is 37.3. The van der Waals surface area contributed by atoms with Crippen molar-refractivity contribution < 1.29 is 49.3 Å². The molecule has 0 radical (unpaired) electrons. The molecule has 1 saturated heterocycles. The van der Waals surface area contributed by atoms with Gasteiger partial charge in [0.15, 0.2) is 12.4 Å². The Hall–Kier alpha value is -3.94. The van der Waals surface area contributed by atoms with Crippen LogP contribution in [0.2, 0.25) is 0 Å². The fourth-order valence-electron chi connectivity index (χ4n) is 11.0. The summed E-state index contributed by atoms with van der Waals surface area (Å²) in [6.07, 6.45) is 82.4.